The Bertz CT molecular complexity index is 617. The molecule has 2 aromatic rings. The van der Waals surface area contributed by atoms with Crippen molar-refractivity contribution >= 4 is 18.3 Å². The number of halogens is 1. The molecule has 118 valence electrons. The van der Waals surface area contributed by atoms with Gasteiger partial charge in [0.2, 0.25) is 0 Å². The number of aromatic nitrogens is 1. The van der Waals surface area contributed by atoms with Crippen molar-refractivity contribution in [1.82, 2.24) is 10.3 Å². The van der Waals surface area contributed by atoms with E-state index in [4.69, 9.17) is 4.74 Å². The standard InChI is InChI=1S/C17H20N2O2.ClH/c1-12-5-4-6-16(13(12)2)21-14(3)17(20)19-11-15-7-9-18-10-8-15;/h4-10,14H,11H2,1-3H3,(H,19,20);1H. The Hall–Kier alpha value is -2.07. The molecule has 1 aromatic heterocycles. The molecule has 0 spiro atoms. The van der Waals surface area contributed by atoms with Crippen molar-refractivity contribution in [3.8, 4) is 5.75 Å². The van der Waals surface area contributed by atoms with Gasteiger partial charge in [-0.15, -0.1) is 12.4 Å². The number of rotatable bonds is 5. The minimum atomic E-state index is -0.535. The number of nitrogens with zero attached hydrogens (tertiary/aromatic N) is 1. The summed E-state index contributed by atoms with van der Waals surface area (Å²) in [5.74, 6) is 0.620. The molecule has 1 atom stereocenters. The minimum Gasteiger partial charge on any atom is -0.481 e. The first-order valence-electron chi connectivity index (χ1n) is 6.97. The highest BCUT2D eigenvalue weighted by Crippen LogP contribution is 2.21. The van der Waals surface area contributed by atoms with Crippen molar-refractivity contribution in [2.45, 2.75) is 33.4 Å². The third kappa shape index (κ3) is 4.74. The molecule has 0 saturated heterocycles. The Morgan fingerprint density at radius 1 is 1.23 bits per heavy atom. The Balaban J connectivity index is 0.00000242. The quantitative estimate of drug-likeness (QED) is 0.920. The number of ether oxygens (including phenoxy) is 1. The highest BCUT2D eigenvalue weighted by atomic mass is 35.5. The van der Waals surface area contributed by atoms with E-state index in [1.807, 2.05) is 44.2 Å². The average molecular weight is 321 g/mol. The fraction of sp³-hybridized carbons (Fsp3) is 0.294. The van der Waals surface area contributed by atoms with E-state index in [1.54, 1.807) is 19.3 Å². The van der Waals surface area contributed by atoms with Crippen molar-refractivity contribution in [2.24, 2.45) is 0 Å². The van der Waals surface area contributed by atoms with Crippen LogP contribution < -0.4 is 10.1 Å². The molecule has 0 saturated carbocycles. The van der Waals surface area contributed by atoms with E-state index in [1.165, 1.54) is 0 Å². The number of hydrogen-bond acceptors (Lipinski definition) is 3. The van der Waals surface area contributed by atoms with E-state index in [0.717, 1.165) is 22.4 Å². The molecular formula is C17H21ClN2O2. The van der Waals surface area contributed by atoms with Crippen molar-refractivity contribution in [3.05, 3.63) is 59.4 Å². The van der Waals surface area contributed by atoms with E-state index < -0.39 is 6.10 Å². The third-order valence-electron chi connectivity index (χ3n) is 3.44. The number of hydrogen-bond donors (Lipinski definition) is 1. The number of carbonyl (C=O) groups is 1. The van der Waals surface area contributed by atoms with Crippen LogP contribution in [0.2, 0.25) is 0 Å². The van der Waals surface area contributed by atoms with Gasteiger partial charge in [-0.1, -0.05) is 12.1 Å². The molecule has 0 aliphatic carbocycles. The van der Waals surface area contributed by atoms with Crippen LogP contribution in [0.3, 0.4) is 0 Å². The van der Waals surface area contributed by atoms with Gasteiger partial charge in [-0.25, -0.2) is 0 Å². The first-order valence-corrected chi connectivity index (χ1v) is 6.97. The normalized spacial score (nSPS) is 11.2. The Morgan fingerprint density at radius 2 is 1.91 bits per heavy atom. The zero-order valence-corrected chi connectivity index (χ0v) is 13.8. The summed E-state index contributed by atoms with van der Waals surface area (Å²) in [5, 5.41) is 2.86. The van der Waals surface area contributed by atoms with Crippen molar-refractivity contribution in [1.29, 1.82) is 0 Å². The van der Waals surface area contributed by atoms with Gasteiger partial charge >= 0.3 is 0 Å². The van der Waals surface area contributed by atoms with Crippen LogP contribution in [-0.4, -0.2) is 17.0 Å². The van der Waals surface area contributed by atoms with Gasteiger partial charge in [-0.3, -0.25) is 9.78 Å². The van der Waals surface area contributed by atoms with E-state index in [-0.39, 0.29) is 18.3 Å². The smallest absolute Gasteiger partial charge is 0.261 e. The van der Waals surface area contributed by atoms with Crippen LogP contribution in [0.1, 0.15) is 23.6 Å². The molecule has 0 fully saturated rings. The van der Waals surface area contributed by atoms with E-state index in [0.29, 0.717) is 6.54 Å². The topological polar surface area (TPSA) is 51.2 Å². The molecule has 1 N–H and O–H groups in total. The van der Waals surface area contributed by atoms with E-state index in [2.05, 4.69) is 10.3 Å². The van der Waals surface area contributed by atoms with Crippen molar-refractivity contribution < 1.29 is 9.53 Å². The second kappa shape index (κ2) is 8.39. The molecule has 22 heavy (non-hydrogen) atoms. The number of amides is 1. The molecular weight excluding hydrogens is 300 g/mol. The summed E-state index contributed by atoms with van der Waals surface area (Å²) in [4.78, 5) is 16.0. The van der Waals surface area contributed by atoms with Crippen LogP contribution >= 0.6 is 12.4 Å². The molecule has 1 heterocycles. The predicted octanol–water partition coefficient (Wildman–Crippen LogP) is 3.20. The maximum absolute atomic E-state index is 12.1. The number of benzene rings is 1. The summed E-state index contributed by atoms with van der Waals surface area (Å²) in [6.07, 6.45) is 2.88. The number of aryl methyl sites for hydroxylation is 1. The maximum Gasteiger partial charge on any atom is 0.261 e. The summed E-state index contributed by atoms with van der Waals surface area (Å²) >= 11 is 0. The Morgan fingerprint density at radius 3 is 2.59 bits per heavy atom. The van der Waals surface area contributed by atoms with Crippen LogP contribution in [-0.2, 0) is 11.3 Å². The summed E-state index contributed by atoms with van der Waals surface area (Å²) < 4.78 is 5.75. The second-order valence-electron chi connectivity index (χ2n) is 5.03. The summed E-state index contributed by atoms with van der Waals surface area (Å²) in [7, 11) is 0. The molecule has 2 rings (SSSR count). The van der Waals surface area contributed by atoms with Gasteiger partial charge in [0.15, 0.2) is 6.10 Å². The van der Waals surface area contributed by atoms with Crippen LogP contribution in [0.15, 0.2) is 42.7 Å². The lowest BCUT2D eigenvalue weighted by Crippen LogP contribution is -2.36. The van der Waals surface area contributed by atoms with Crippen LogP contribution in [0.4, 0.5) is 0 Å². The summed E-state index contributed by atoms with van der Waals surface area (Å²) in [5.41, 5.74) is 3.22. The molecule has 4 nitrogen and oxygen atoms in total. The fourth-order valence-corrected chi connectivity index (χ4v) is 1.93. The van der Waals surface area contributed by atoms with Crippen LogP contribution in [0.25, 0.3) is 0 Å². The average Bonchev–Trinajstić information content (AvgIpc) is 2.50. The zero-order valence-electron chi connectivity index (χ0n) is 13.0. The lowest BCUT2D eigenvalue weighted by atomic mass is 10.1. The van der Waals surface area contributed by atoms with Gasteiger partial charge in [0.1, 0.15) is 5.75 Å². The van der Waals surface area contributed by atoms with E-state index >= 15 is 0 Å². The lowest BCUT2D eigenvalue weighted by Gasteiger charge is -2.17. The maximum atomic E-state index is 12.1. The summed E-state index contributed by atoms with van der Waals surface area (Å²) in [6.45, 7) is 6.24. The zero-order chi connectivity index (χ0) is 15.2. The minimum absolute atomic E-state index is 0. The van der Waals surface area contributed by atoms with Gasteiger partial charge in [0.05, 0.1) is 0 Å². The van der Waals surface area contributed by atoms with Crippen molar-refractivity contribution in [3.63, 3.8) is 0 Å². The SMILES string of the molecule is Cc1cccc(OC(C)C(=O)NCc2ccncc2)c1C.Cl. The van der Waals surface area contributed by atoms with Crippen molar-refractivity contribution in [2.75, 3.05) is 0 Å². The molecule has 1 amide bonds. The van der Waals surface area contributed by atoms with Gasteiger partial charge in [0, 0.05) is 18.9 Å². The number of pyridine rings is 1. The van der Waals surface area contributed by atoms with Gasteiger partial charge in [0.25, 0.3) is 5.91 Å². The first kappa shape index (κ1) is 18.0. The third-order valence-corrected chi connectivity index (χ3v) is 3.44. The molecule has 1 aromatic carbocycles. The van der Waals surface area contributed by atoms with Gasteiger partial charge in [-0.05, 0) is 55.7 Å². The van der Waals surface area contributed by atoms with Crippen LogP contribution in [0.5, 0.6) is 5.75 Å². The van der Waals surface area contributed by atoms with Gasteiger partial charge < -0.3 is 10.1 Å². The highest BCUT2D eigenvalue weighted by molar-refractivity contribution is 5.85. The number of carbonyl (C=O) groups excluding carboxylic acids is 1. The predicted molar refractivity (Wildman–Crippen MR) is 89.3 cm³/mol. The highest BCUT2D eigenvalue weighted by Gasteiger charge is 2.15. The van der Waals surface area contributed by atoms with Gasteiger partial charge in [-0.2, -0.15) is 0 Å². The van der Waals surface area contributed by atoms with E-state index in [9.17, 15) is 4.79 Å². The first-order chi connectivity index (χ1) is 10.1. The fourth-order valence-electron chi connectivity index (χ4n) is 1.93. The monoisotopic (exact) mass is 320 g/mol. The Kier molecular flexibility index (Phi) is 6.86. The largest absolute Gasteiger partial charge is 0.481 e. The molecule has 0 radical (unpaired) electrons. The molecule has 0 bridgehead atoms. The molecule has 5 heteroatoms. The molecule has 1 unspecified atom stereocenters. The second-order valence-corrected chi connectivity index (χ2v) is 5.03. The molecule has 0 aliphatic heterocycles. The lowest BCUT2D eigenvalue weighted by molar-refractivity contribution is -0.127. The molecule has 0 aliphatic rings. The Labute approximate surface area is 137 Å². The summed E-state index contributed by atoms with van der Waals surface area (Å²) in [6, 6.07) is 9.58. The number of nitrogens with one attached hydrogen (secondary N) is 1. The van der Waals surface area contributed by atoms with Crippen LogP contribution in [0, 0.1) is 13.8 Å².